The first-order valence-corrected chi connectivity index (χ1v) is 9.51. The third kappa shape index (κ3) is 3.19. The predicted octanol–water partition coefficient (Wildman–Crippen LogP) is 2.90. The van der Waals surface area contributed by atoms with Crippen molar-refractivity contribution in [1.82, 2.24) is 9.80 Å². The standard InChI is InChI=1S/C18H28N2O2S/c1-12(2)20-16(17(22-4)18(20)21)14-5-8-19(9-6-14)11-15-13(3)7-10-23-15/h7,10,12,14,16-17H,5-6,8-9,11H2,1-4H3/t16-,17+/m0/s1. The number of hydrogen-bond acceptors (Lipinski definition) is 4. The van der Waals surface area contributed by atoms with Crippen LogP contribution < -0.4 is 0 Å². The van der Waals surface area contributed by atoms with Gasteiger partial charge in [-0.3, -0.25) is 9.69 Å². The second-order valence-electron chi connectivity index (χ2n) is 7.13. The molecule has 23 heavy (non-hydrogen) atoms. The van der Waals surface area contributed by atoms with Gasteiger partial charge in [-0.1, -0.05) is 0 Å². The molecule has 0 unspecified atom stereocenters. The zero-order chi connectivity index (χ0) is 16.6. The monoisotopic (exact) mass is 336 g/mol. The Bertz CT molecular complexity index is 549. The van der Waals surface area contributed by atoms with Gasteiger partial charge in [0.2, 0.25) is 0 Å². The third-order valence-electron chi connectivity index (χ3n) is 5.39. The van der Waals surface area contributed by atoms with Crippen LogP contribution in [0.2, 0.25) is 0 Å². The fourth-order valence-electron chi connectivity index (χ4n) is 4.04. The van der Waals surface area contributed by atoms with Crippen LogP contribution in [-0.4, -0.2) is 54.1 Å². The normalized spacial score (nSPS) is 26.8. The number of amides is 1. The number of nitrogens with zero attached hydrogens (tertiary/aromatic N) is 2. The SMILES string of the molecule is CO[C@H]1C(=O)N(C(C)C)[C@H]1C1CCN(Cc2sccc2C)CC1. The van der Waals surface area contributed by atoms with Gasteiger partial charge in [-0.15, -0.1) is 11.3 Å². The van der Waals surface area contributed by atoms with Crippen molar-refractivity contribution in [2.75, 3.05) is 20.2 Å². The lowest BCUT2D eigenvalue weighted by Crippen LogP contribution is -2.70. The molecule has 1 aromatic rings. The minimum atomic E-state index is -0.214. The lowest BCUT2D eigenvalue weighted by Gasteiger charge is -2.53. The van der Waals surface area contributed by atoms with Gasteiger partial charge >= 0.3 is 0 Å². The molecule has 2 aliphatic heterocycles. The summed E-state index contributed by atoms with van der Waals surface area (Å²) in [6, 6.07) is 2.75. The van der Waals surface area contributed by atoms with E-state index in [4.69, 9.17) is 4.74 Å². The summed E-state index contributed by atoms with van der Waals surface area (Å²) in [5.74, 6) is 0.741. The van der Waals surface area contributed by atoms with Crippen LogP contribution in [0.4, 0.5) is 0 Å². The number of likely N-dealkylation sites (tertiary alicyclic amines) is 2. The van der Waals surface area contributed by atoms with Crippen LogP contribution in [0.3, 0.4) is 0 Å². The highest BCUT2D eigenvalue weighted by atomic mass is 32.1. The molecule has 0 N–H and O–H groups in total. The Morgan fingerprint density at radius 2 is 2.04 bits per heavy atom. The predicted molar refractivity (Wildman–Crippen MR) is 93.6 cm³/mol. The summed E-state index contributed by atoms with van der Waals surface area (Å²) >= 11 is 1.86. The summed E-state index contributed by atoms with van der Waals surface area (Å²) in [5, 5.41) is 2.18. The number of carbonyl (C=O) groups excluding carboxylic acids is 1. The van der Waals surface area contributed by atoms with Crippen LogP contribution in [0.1, 0.15) is 37.1 Å². The van der Waals surface area contributed by atoms with Crippen LogP contribution in [0.25, 0.3) is 0 Å². The summed E-state index contributed by atoms with van der Waals surface area (Å²) in [7, 11) is 1.67. The number of methoxy groups -OCH3 is 1. The molecule has 1 amide bonds. The van der Waals surface area contributed by atoms with Gasteiger partial charge in [-0.25, -0.2) is 0 Å². The van der Waals surface area contributed by atoms with Crippen molar-refractivity contribution in [2.45, 2.75) is 58.3 Å². The van der Waals surface area contributed by atoms with Crippen molar-refractivity contribution in [1.29, 1.82) is 0 Å². The van der Waals surface area contributed by atoms with Crippen LogP contribution in [0.5, 0.6) is 0 Å². The first-order valence-electron chi connectivity index (χ1n) is 8.63. The van der Waals surface area contributed by atoms with Gasteiger partial charge in [0.25, 0.3) is 5.91 Å². The highest BCUT2D eigenvalue weighted by molar-refractivity contribution is 7.10. The molecular formula is C18H28N2O2S. The minimum absolute atomic E-state index is 0.170. The second kappa shape index (κ2) is 6.91. The van der Waals surface area contributed by atoms with Gasteiger partial charge in [0.15, 0.2) is 6.10 Å². The number of β-lactam (4-membered cyclic amide) rings is 1. The van der Waals surface area contributed by atoms with E-state index in [0.29, 0.717) is 5.92 Å². The largest absolute Gasteiger partial charge is 0.369 e. The smallest absolute Gasteiger partial charge is 0.254 e. The highest BCUT2D eigenvalue weighted by Crippen LogP contribution is 2.36. The number of aryl methyl sites for hydroxylation is 1. The molecule has 3 rings (SSSR count). The number of ether oxygens (including phenoxy) is 1. The van der Waals surface area contributed by atoms with Gasteiger partial charge in [0.1, 0.15) is 0 Å². The Morgan fingerprint density at radius 3 is 2.57 bits per heavy atom. The lowest BCUT2D eigenvalue weighted by atomic mass is 9.79. The molecule has 0 aliphatic carbocycles. The number of thiophene rings is 1. The Hall–Kier alpha value is -0.910. The van der Waals surface area contributed by atoms with Gasteiger partial charge in [0.05, 0.1) is 6.04 Å². The maximum Gasteiger partial charge on any atom is 0.254 e. The fraction of sp³-hybridized carbons (Fsp3) is 0.722. The Balaban J connectivity index is 1.58. The van der Waals surface area contributed by atoms with Crippen molar-refractivity contribution in [3.8, 4) is 0 Å². The van der Waals surface area contributed by atoms with E-state index >= 15 is 0 Å². The number of hydrogen-bond donors (Lipinski definition) is 0. The quantitative estimate of drug-likeness (QED) is 0.775. The highest BCUT2D eigenvalue weighted by Gasteiger charge is 2.52. The van der Waals surface area contributed by atoms with E-state index in [0.717, 1.165) is 32.5 Å². The van der Waals surface area contributed by atoms with Gasteiger partial charge in [0, 0.05) is 24.6 Å². The number of carbonyl (C=O) groups is 1. The minimum Gasteiger partial charge on any atom is -0.369 e. The average Bonchev–Trinajstić information content (AvgIpc) is 2.91. The molecule has 0 radical (unpaired) electrons. The summed E-state index contributed by atoms with van der Waals surface area (Å²) in [5.41, 5.74) is 1.41. The van der Waals surface area contributed by atoms with Crippen LogP contribution in [0, 0.1) is 12.8 Å². The third-order valence-corrected chi connectivity index (χ3v) is 6.40. The topological polar surface area (TPSA) is 32.8 Å². The summed E-state index contributed by atoms with van der Waals surface area (Å²) in [4.78, 5) is 18.3. The van der Waals surface area contributed by atoms with Crippen molar-refractivity contribution in [3.05, 3.63) is 21.9 Å². The fourth-order valence-corrected chi connectivity index (χ4v) is 4.99. The van der Waals surface area contributed by atoms with Gasteiger partial charge < -0.3 is 9.64 Å². The molecule has 5 heteroatoms. The Labute approximate surface area is 143 Å². The zero-order valence-electron chi connectivity index (χ0n) is 14.6. The zero-order valence-corrected chi connectivity index (χ0v) is 15.4. The molecule has 0 aromatic carbocycles. The molecule has 2 saturated heterocycles. The number of piperidine rings is 1. The van der Waals surface area contributed by atoms with E-state index in [2.05, 4.69) is 37.1 Å². The van der Waals surface area contributed by atoms with Crippen molar-refractivity contribution < 1.29 is 9.53 Å². The summed E-state index contributed by atoms with van der Waals surface area (Å²) in [6.07, 6.45) is 2.10. The van der Waals surface area contributed by atoms with Crippen LogP contribution in [0.15, 0.2) is 11.4 Å². The molecule has 2 atom stereocenters. The lowest BCUT2D eigenvalue weighted by molar-refractivity contribution is -0.181. The van der Waals surface area contributed by atoms with Gasteiger partial charge in [-0.05, 0) is 69.6 Å². The molecule has 0 saturated carbocycles. The molecule has 4 nitrogen and oxygen atoms in total. The van der Waals surface area contributed by atoms with E-state index in [-0.39, 0.29) is 24.1 Å². The first kappa shape index (κ1) is 16.9. The summed E-state index contributed by atoms with van der Waals surface area (Å²) < 4.78 is 5.47. The van der Waals surface area contributed by atoms with Crippen molar-refractivity contribution in [3.63, 3.8) is 0 Å². The van der Waals surface area contributed by atoms with E-state index in [1.54, 1.807) is 7.11 Å². The molecule has 3 heterocycles. The molecular weight excluding hydrogens is 308 g/mol. The average molecular weight is 337 g/mol. The van der Waals surface area contributed by atoms with E-state index < -0.39 is 0 Å². The van der Waals surface area contributed by atoms with Gasteiger partial charge in [-0.2, -0.15) is 0 Å². The molecule has 2 fully saturated rings. The molecule has 128 valence electrons. The molecule has 0 bridgehead atoms. The number of rotatable bonds is 5. The van der Waals surface area contributed by atoms with E-state index in [1.165, 1.54) is 10.4 Å². The molecule has 1 aromatic heterocycles. The Morgan fingerprint density at radius 1 is 1.35 bits per heavy atom. The molecule has 2 aliphatic rings. The Kier molecular flexibility index (Phi) is 5.09. The second-order valence-corrected chi connectivity index (χ2v) is 8.13. The maximum atomic E-state index is 12.2. The van der Waals surface area contributed by atoms with E-state index in [9.17, 15) is 4.79 Å². The van der Waals surface area contributed by atoms with Crippen LogP contribution >= 0.6 is 11.3 Å². The van der Waals surface area contributed by atoms with Crippen molar-refractivity contribution in [2.24, 2.45) is 5.92 Å². The first-order chi connectivity index (χ1) is 11.0. The van der Waals surface area contributed by atoms with Crippen molar-refractivity contribution >= 4 is 17.2 Å². The maximum absolute atomic E-state index is 12.2. The van der Waals surface area contributed by atoms with Crippen LogP contribution in [-0.2, 0) is 16.1 Å². The van der Waals surface area contributed by atoms with E-state index in [1.807, 2.05) is 16.2 Å². The summed E-state index contributed by atoms with van der Waals surface area (Å²) in [6.45, 7) is 9.71. The molecule has 0 spiro atoms.